The summed E-state index contributed by atoms with van der Waals surface area (Å²) in [6.45, 7) is 0.952. The molecule has 5 N–H and O–H groups in total. The smallest absolute Gasteiger partial charge is 0.319 e. The number of ether oxygens (including phenoxy) is 2. The monoisotopic (exact) mass is 356 g/mol. The van der Waals surface area contributed by atoms with Gasteiger partial charge in [0.1, 0.15) is 19.3 Å². The van der Waals surface area contributed by atoms with E-state index in [4.69, 9.17) is 15.3 Å². The van der Waals surface area contributed by atoms with Crippen molar-refractivity contribution < 1.29 is 19.1 Å². The predicted octanol–water partition coefficient (Wildman–Crippen LogP) is 1.18. The van der Waals surface area contributed by atoms with Crippen LogP contribution in [0.3, 0.4) is 0 Å². The van der Waals surface area contributed by atoms with Crippen LogP contribution in [0.15, 0.2) is 48.5 Å². The fourth-order valence-corrected chi connectivity index (χ4v) is 2.61. The number of rotatable bonds is 5. The molecule has 1 atom stereocenters. The number of carbonyl (C=O) groups is 2. The second-order valence-corrected chi connectivity index (χ2v) is 5.71. The summed E-state index contributed by atoms with van der Waals surface area (Å²) in [7, 11) is 0. The van der Waals surface area contributed by atoms with Crippen molar-refractivity contribution in [3.05, 3.63) is 54.1 Å². The van der Waals surface area contributed by atoms with Crippen LogP contribution in [0.1, 0.15) is 5.56 Å². The van der Waals surface area contributed by atoms with E-state index in [1.54, 1.807) is 18.2 Å². The zero-order valence-corrected chi connectivity index (χ0v) is 14.0. The van der Waals surface area contributed by atoms with Gasteiger partial charge in [-0.2, -0.15) is 0 Å². The largest absolute Gasteiger partial charge is 0.486 e. The molecule has 3 rings (SSSR count). The number of nitrogens with one attached hydrogen (secondary N) is 3. The summed E-state index contributed by atoms with van der Waals surface area (Å²) >= 11 is 0. The van der Waals surface area contributed by atoms with Gasteiger partial charge in [0.2, 0.25) is 0 Å². The van der Waals surface area contributed by atoms with Crippen molar-refractivity contribution in [2.24, 2.45) is 5.84 Å². The van der Waals surface area contributed by atoms with Crippen LogP contribution in [0.4, 0.5) is 10.5 Å². The minimum atomic E-state index is -0.806. The Hall–Kier alpha value is -3.26. The van der Waals surface area contributed by atoms with Gasteiger partial charge in [-0.15, -0.1) is 0 Å². The molecule has 0 saturated carbocycles. The van der Waals surface area contributed by atoms with E-state index in [9.17, 15) is 9.59 Å². The van der Waals surface area contributed by atoms with Crippen molar-refractivity contribution in [2.75, 3.05) is 18.5 Å². The van der Waals surface area contributed by atoms with Crippen molar-refractivity contribution in [1.82, 2.24) is 10.7 Å². The van der Waals surface area contributed by atoms with Crippen LogP contribution in [-0.2, 0) is 11.2 Å². The third-order valence-corrected chi connectivity index (χ3v) is 3.85. The molecule has 8 nitrogen and oxygen atoms in total. The molecule has 2 aromatic carbocycles. The topological polar surface area (TPSA) is 115 Å². The lowest BCUT2D eigenvalue weighted by molar-refractivity contribution is -0.122. The number of nitrogens with two attached hydrogens (primary N) is 1. The first-order valence-electron chi connectivity index (χ1n) is 8.17. The van der Waals surface area contributed by atoms with Crippen molar-refractivity contribution in [1.29, 1.82) is 0 Å². The summed E-state index contributed by atoms with van der Waals surface area (Å²) in [5.41, 5.74) is 3.51. The van der Waals surface area contributed by atoms with Gasteiger partial charge in [-0.25, -0.2) is 10.6 Å². The number of benzene rings is 2. The second kappa shape index (κ2) is 8.21. The van der Waals surface area contributed by atoms with Crippen molar-refractivity contribution in [3.63, 3.8) is 0 Å². The third-order valence-electron chi connectivity index (χ3n) is 3.85. The third kappa shape index (κ3) is 4.42. The molecule has 1 aliphatic rings. The highest BCUT2D eigenvalue weighted by molar-refractivity contribution is 5.94. The molecule has 0 unspecified atom stereocenters. The molecule has 0 radical (unpaired) electrons. The summed E-state index contributed by atoms with van der Waals surface area (Å²) in [4.78, 5) is 24.3. The zero-order valence-electron chi connectivity index (χ0n) is 14.0. The first-order valence-corrected chi connectivity index (χ1v) is 8.17. The highest BCUT2D eigenvalue weighted by Crippen LogP contribution is 2.32. The molecule has 3 amide bonds. The second-order valence-electron chi connectivity index (χ2n) is 5.71. The molecule has 8 heteroatoms. The maximum Gasteiger partial charge on any atom is 0.319 e. The van der Waals surface area contributed by atoms with Gasteiger partial charge in [0, 0.05) is 18.2 Å². The first-order chi connectivity index (χ1) is 12.7. The Morgan fingerprint density at radius 1 is 1.04 bits per heavy atom. The van der Waals surface area contributed by atoms with Gasteiger partial charge in [0.25, 0.3) is 5.91 Å². The lowest BCUT2D eigenvalue weighted by atomic mass is 10.1. The molecule has 0 saturated heterocycles. The van der Waals surface area contributed by atoms with E-state index in [0.29, 0.717) is 36.8 Å². The normalized spacial score (nSPS) is 13.4. The van der Waals surface area contributed by atoms with E-state index >= 15 is 0 Å². The van der Waals surface area contributed by atoms with Crippen LogP contribution >= 0.6 is 0 Å². The van der Waals surface area contributed by atoms with Gasteiger partial charge >= 0.3 is 6.03 Å². The van der Waals surface area contributed by atoms with E-state index in [1.165, 1.54) is 0 Å². The number of hydrazine groups is 1. The molecule has 0 bridgehead atoms. The fraction of sp³-hybridized carbons (Fsp3) is 0.222. The zero-order chi connectivity index (χ0) is 18.4. The lowest BCUT2D eigenvalue weighted by Crippen LogP contribution is -2.51. The summed E-state index contributed by atoms with van der Waals surface area (Å²) in [6, 6.07) is 13.1. The van der Waals surface area contributed by atoms with E-state index in [2.05, 4.69) is 16.1 Å². The highest BCUT2D eigenvalue weighted by Gasteiger charge is 2.21. The van der Waals surface area contributed by atoms with E-state index in [-0.39, 0.29) is 0 Å². The quantitative estimate of drug-likeness (QED) is 0.365. The highest BCUT2D eigenvalue weighted by atomic mass is 16.6. The minimum Gasteiger partial charge on any atom is -0.486 e. The number of hydrogen-bond acceptors (Lipinski definition) is 5. The Kier molecular flexibility index (Phi) is 5.55. The Morgan fingerprint density at radius 3 is 2.50 bits per heavy atom. The summed E-state index contributed by atoms with van der Waals surface area (Å²) in [6.07, 6.45) is 0.318. The van der Waals surface area contributed by atoms with E-state index in [1.807, 2.05) is 30.3 Å². The molecule has 2 aromatic rings. The first kappa shape index (κ1) is 17.6. The maximum atomic E-state index is 12.3. The van der Waals surface area contributed by atoms with E-state index in [0.717, 1.165) is 5.56 Å². The Balaban J connectivity index is 1.65. The molecule has 0 spiro atoms. The minimum absolute atomic E-state index is 0.318. The summed E-state index contributed by atoms with van der Waals surface area (Å²) in [5, 5.41) is 5.31. The molecular formula is C18H20N4O4. The molecular weight excluding hydrogens is 336 g/mol. The van der Waals surface area contributed by atoms with Gasteiger partial charge in [0.15, 0.2) is 11.5 Å². The number of carbonyl (C=O) groups excluding carboxylic acids is 2. The van der Waals surface area contributed by atoms with Gasteiger partial charge in [0.05, 0.1) is 0 Å². The van der Waals surface area contributed by atoms with Gasteiger partial charge < -0.3 is 20.1 Å². The number of amides is 3. The fourth-order valence-electron chi connectivity index (χ4n) is 2.61. The van der Waals surface area contributed by atoms with Crippen LogP contribution in [0, 0.1) is 0 Å². The summed E-state index contributed by atoms with van der Waals surface area (Å²) < 4.78 is 10.9. The number of urea groups is 1. The van der Waals surface area contributed by atoms with Crippen LogP contribution in [0.2, 0.25) is 0 Å². The molecule has 26 heavy (non-hydrogen) atoms. The standard InChI is InChI=1S/C18H20N4O4/c19-22-17(23)14(10-12-4-2-1-3-5-12)21-18(24)20-13-6-7-15-16(11-13)26-9-8-25-15/h1-7,11,14H,8-10,19H2,(H,22,23)(H2,20,21,24)/t14-/m0/s1. The van der Waals surface area contributed by atoms with E-state index < -0.39 is 18.0 Å². The van der Waals surface area contributed by atoms with Crippen LogP contribution < -0.4 is 31.4 Å². The maximum absolute atomic E-state index is 12.3. The molecule has 0 aliphatic carbocycles. The lowest BCUT2D eigenvalue weighted by Gasteiger charge is -2.20. The Labute approximate surface area is 150 Å². The molecule has 0 fully saturated rings. The van der Waals surface area contributed by atoms with Crippen LogP contribution in [0.5, 0.6) is 11.5 Å². The molecule has 1 aliphatic heterocycles. The number of anilines is 1. The molecule has 0 aromatic heterocycles. The van der Waals surface area contributed by atoms with Gasteiger partial charge in [-0.05, 0) is 17.7 Å². The van der Waals surface area contributed by atoms with Gasteiger partial charge in [-0.1, -0.05) is 30.3 Å². The van der Waals surface area contributed by atoms with Crippen LogP contribution in [0.25, 0.3) is 0 Å². The average Bonchev–Trinajstić information content (AvgIpc) is 2.67. The molecule has 136 valence electrons. The molecule has 1 heterocycles. The number of fused-ring (bicyclic) bond motifs is 1. The summed E-state index contributed by atoms with van der Waals surface area (Å²) in [5.74, 6) is 5.94. The predicted molar refractivity (Wildman–Crippen MR) is 95.9 cm³/mol. The SMILES string of the molecule is NNC(=O)[C@H](Cc1ccccc1)NC(=O)Nc1ccc2c(c1)OCCO2. The van der Waals surface area contributed by atoms with Crippen molar-refractivity contribution >= 4 is 17.6 Å². The van der Waals surface area contributed by atoms with Gasteiger partial charge in [-0.3, -0.25) is 10.2 Å². The number of hydrogen-bond donors (Lipinski definition) is 4. The Bertz CT molecular complexity index is 782. The van der Waals surface area contributed by atoms with Crippen molar-refractivity contribution in [2.45, 2.75) is 12.5 Å². The van der Waals surface area contributed by atoms with Crippen molar-refractivity contribution in [3.8, 4) is 11.5 Å². The average molecular weight is 356 g/mol. The Morgan fingerprint density at radius 2 is 1.77 bits per heavy atom. The van der Waals surface area contributed by atoms with Crippen LogP contribution in [-0.4, -0.2) is 31.2 Å².